The fourth-order valence-corrected chi connectivity index (χ4v) is 5.38. The van der Waals surface area contributed by atoms with Gasteiger partial charge < -0.3 is 5.32 Å². The largest absolute Gasteiger partial charge is 0.326 e. The molecule has 10 heteroatoms. The van der Waals surface area contributed by atoms with Crippen molar-refractivity contribution in [2.75, 3.05) is 10.0 Å². The summed E-state index contributed by atoms with van der Waals surface area (Å²) in [6.07, 6.45) is 1.68. The number of amides is 1. The number of sulfonamides is 1. The summed E-state index contributed by atoms with van der Waals surface area (Å²) in [4.78, 5) is 29.0. The average molecular weight is 495 g/mol. The zero-order valence-corrected chi connectivity index (χ0v) is 20.1. The summed E-state index contributed by atoms with van der Waals surface area (Å²) in [5.41, 5.74) is 2.87. The number of carbonyl (C=O) groups excluding carboxylic acids is 1. The van der Waals surface area contributed by atoms with Crippen molar-refractivity contribution in [2.24, 2.45) is 0 Å². The standard InChI is InChI=1S/C24H22N4O4S2/c1-16-6-5-13-28-23(30)14-19(26-24(16)28)15-33-22-8-4-3-7-21(22)27-34(31,32)20-11-9-18(10-12-20)25-17(2)29/h3-14,27H,15H2,1-2H3,(H,25,29). The van der Waals surface area contributed by atoms with Crippen LogP contribution in [0.3, 0.4) is 0 Å². The predicted octanol–water partition coefficient (Wildman–Crippen LogP) is 4.05. The molecular weight excluding hydrogens is 472 g/mol. The first-order valence-corrected chi connectivity index (χ1v) is 12.8. The number of fused-ring (bicyclic) bond motifs is 1. The van der Waals surface area contributed by atoms with Crippen molar-refractivity contribution >= 4 is 44.7 Å². The van der Waals surface area contributed by atoms with E-state index in [9.17, 15) is 18.0 Å². The van der Waals surface area contributed by atoms with Gasteiger partial charge in [-0.3, -0.25) is 18.7 Å². The molecule has 0 aliphatic heterocycles. The molecule has 34 heavy (non-hydrogen) atoms. The molecule has 0 aliphatic rings. The Bertz CT molecular complexity index is 1530. The number of nitrogens with zero attached hydrogens (tertiary/aromatic N) is 2. The third kappa shape index (κ3) is 5.29. The van der Waals surface area contributed by atoms with Crippen molar-refractivity contribution in [3.8, 4) is 0 Å². The number of hydrogen-bond donors (Lipinski definition) is 2. The molecule has 2 heterocycles. The average Bonchev–Trinajstić information content (AvgIpc) is 2.79. The first-order valence-electron chi connectivity index (χ1n) is 10.3. The van der Waals surface area contributed by atoms with Crippen LogP contribution in [-0.2, 0) is 20.6 Å². The maximum absolute atomic E-state index is 12.9. The Hall–Kier alpha value is -3.63. The van der Waals surface area contributed by atoms with Gasteiger partial charge in [0.25, 0.3) is 15.6 Å². The van der Waals surface area contributed by atoms with E-state index in [2.05, 4.69) is 15.0 Å². The molecule has 174 valence electrons. The molecule has 0 radical (unpaired) electrons. The number of thioether (sulfide) groups is 1. The van der Waals surface area contributed by atoms with Crippen molar-refractivity contribution in [3.05, 3.63) is 94.5 Å². The predicted molar refractivity (Wildman–Crippen MR) is 134 cm³/mol. The van der Waals surface area contributed by atoms with Gasteiger partial charge in [-0.1, -0.05) is 18.2 Å². The zero-order valence-electron chi connectivity index (χ0n) is 18.5. The lowest BCUT2D eigenvalue weighted by atomic mass is 10.3. The normalized spacial score (nSPS) is 11.4. The second-order valence-corrected chi connectivity index (χ2v) is 10.3. The van der Waals surface area contributed by atoms with Crippen LogP contribution in [0.1, 0.15) is 18.2 Å². The van der Waals surface area contributed by atoms with Crippen LogP contribution in [0.4, 0.5) is 11.4 Å². The maximum atomic E-state index is 12.9. The molecule has 2 aromatic carbocycles. The Morgan fingerprint density at radius 1 is 1.06 bits per heavy atom. The third-order valence-corrected chi connectivity index (χ3v) is 7.42. The van der Waals surface area contributed by atoms with Crippen molar-refractivity contribution < 1.29 is 13.2 Å². The van der Waals surface area contributed by atoms with E-state index < -0.39 is 10.0 Å². The Balaban J connectivity index is 1.54. The molecule has 0 unspecified atom stereocenters. The molecule has 2 aromatic heterocycles. The summed E-state index contributed by atoms with van der Waals surface area (Å²) in [5.74, 6) is 0.156. The summed E-state index contributed by atoms with van der Waals surface area (Å²) in [5, 5.41) is 2.61. The molecule has 4 aromatic rings. The van der Waals surface area contributed by atoms with Crippen molar-refractivity contribution in [3.63, 3.8) is 0 Å². The van der Waals surface area contributed by atoms with Gasteiger partial charge in [0.05, 0.1) is 16.3 Å². The van der Waals surface area contributed by atoms with Gasteiger partial charge in [-0.15, -0.1) is 11.8 Å². The van der Waals surface area contributed by atoms with Crippen LogP contribution in [0.2, 0.25) is 0 Å². The number of aryl methyl sites for hydroxylation is 1. The minimum atomic E-state index is -3.85. The van der Waals surface area contributed by atoms with Gasteiger partial charge in [0, 0.05) is 35.5 Å². The Kier molecular flexibility index (Phi) is 6.71. The van der Waals surface area contributed by atoms with Crippen LogP contribution < -0.4 is 15.6 Å². The molecular formula is C24H22N4O4S2. The Labute approximate surface area is 201 Å². The zero-order chi connectivity index (χ0) is 24.3. The van der Waals surface area contributed by atoms with E-state index in [1.807, 2.05) is 25.1 Å². The van der Waals surface area contributed by atoms with Crippen LogP contribution >= 0.6 is 11.8 Å². The van der Waals surface area contributed by atoms with E-state index in [-0.39, 0.29) is 16.4 Å². The van der Waals surface area contributed by atoms with E-state index in [0.717, 1.165) is 5.56 Å². The summed E-state index contributed by atoms with van der Waals surface area (Å²) in [7, 11) is -3.85. The lowest BCUT2D eigenvalue weighted by molar-refractivity contribution is -0.114. The van der Waals surface area contributed by atoms with Gasteiger partial charge in [0.15, 0.2) is 0 Å². The first-order chi connectivity index (χ1) is 16.2. The number of aromatic nitrogens is 2. The molecule has 1 amide bonds. The Morgan fingerprint density at radius 2 is 1.79 bits per heavy atom. The highest BCUT2D eigenvalue weighted by molar-refractivity contribution is 7.98. The van der Waals surface area contributed by atoms with Crippen molar-refractivity contribution in [1.82, 2.24) is 9.38 Å². The Morgan fingerprint density at radius 3 is 2.53 bits per heavy atom. The van der Waals surface area contributed by atoms with Gasteiger partial charge >= 0.3 is 0 Å². The number of hydrogen-bond acceptors (Lipinski definition) is 6. The van der Waals surface area contributed by atoms with E-state index >= 15 is 0 Å². The van der Waals surface area contributed by atoms with Crippen LogP contribution in [0, 0.1) is 6.92 Å². The monoisotopic (exact) mass is 494 g/mol. The molecule has 0 saturated carbocycles. The van der Waals surface area contributed by atoms with Gasteiger partial charge in [-0.25, -0.2) is 13.4 Å². The minimum absolute atomic E-state index is 0.0705. The van der Waals surface area contributed by atoms with Gasteiger partial charge in [-0.05, 0) is 55.0 Å². The molecule has 2 N–H and O–H groups in total. The van der Waals surface area contributed by atoms with E-state index in [4.69, 9.17) is 0 Å². The number of carbonyl (C=O) groups is 1. The van der Waals surface area contributed by atoms with Gasteiger partial charge in [0.1, 0.15) is 5.65 Å². The fourth-order valence-electron chi connectivity index (χ4n) is 3.34. The highest BCUT2D eigenvalue weighted by Gasteiger charge is 2.16. The molecule has 0 spiro atoms. The maximum Gasteiger partial charge on any atom is 0.261 e. The topological polar surface area (TPSA) is 110 Å². The smallest absolute Gasteiger partial charge is 0.261 e. The van der Waals surface area contributed by atoms with Crippen LogP contribution in [0.15, 0.2) is 87.5 Å². The summed E-state index contributed by atoms with van der Waals surface area (Å²) < 4.78 is 30.0. The van der Waals surface area contributed by atoms with Gasteiger partial charge in [-0.2, -0.15) is 0 Å². The fraction of sp³-hybridized carbons (Fsp3) is 0.125. The number of pyridine rings is 1. The first kappa shape index (κ1) is 23.5. The molecule has 0 aliphatic carbocycles. The molecule has 0 atom stereocenters. The van der Waals surface area contributed by atoms with Crippen LogP contribution in [-0.4, -0.2) is 23.7 Å². The second kappa shape index (κ2) is 9.70. The molecule has 0 saturated heterocycles. The van der Waals surface area contributed by atoms with Crippen LogP contribution in [0.5, 0.6) is 0 Å². The number of benzene rings is 2. The van der Waals surface area contributed by atoms with E-state index in [1.165, 1.54) is 53.4 Å². The third-order valence-electron chi connectivity index (χ3n) is 4.93. The SMILES string of the molecule is CC(=O)Nc1ccc(S(=O)(=O)Nc2ccccc2SCc2cc(=O)n3cccc(C)c3n2)cc1. The molecule has 0 bridgehead atoms. The van der Waals surface area contributed by atoms with Crippen molar-refractivity contribution in [2.45, 2.75) is 29.4 Å². The molecule has 8 nitrogen and oxygen atoms in total. The lowest BCUT2D eigenvalue weighted by Gasteiger charge is -2.13. The molecule has 4 rings (SSSR count). The van der Waals surface area contributed by atoms with E-state index in [1.54, 1.807) is 24.4 Å². The van der Waals surface area contributed by atoms with Crippen molar-refractivity contribution in [1.29, 1.82) is 0 Å². The number of anilines is 2. The summed E-state index contributed by atoms with van der Waals surface area (Å²) >= 11 is 1.38. The highest BCUT2D eigenvalue weighted by atomic mass is 32.2. The second-order valence-electron chi connectivity index (χ2n) is 7.57. The van der Waals surface area contributed by atoms with E-state index in [0.29, 0.717) is 33.4 Å². The summed E-state index contributed by atoms with van der Waals surface area (Å²) in [6, 6.07) is 18.1. The number of nitrogens with one attached hydrogen (secondary N) is 2. The highest BCUT2D eigenvalue weighted by Crippen LogP contribution is 2.31. The summed E-state index contributed by atoms with van der Waals surface area (Å²) in [6.45, 7) is 3.28. The molecule has 0 fully saturated rings. The van der Waals surface area contributed by atoms with Crippen LogP contribution in [0.25, 0.3) is 5.65 Å². The minimum Gasteiger partial charge on any atom is -0.326 e. The lowest BCUT2D eigenvalue weighted by Crippen LogP contribution is -2.16. The van der Waals surface area contributed by atoms with Gasteiger partial charge in [0.2, 0.25) is 5.91 Å². The number of rotatable bonds is 7. The quantitative estimate of drug-likeness (QED) is 0.375. The number of para-hydroxylation sites is 1.